The summed E-state index contributed by atoms with van der Waals surface area (Å²) in [4.78, 5) is 15.6. The summed E-state index contributed by atoms with van der Waals surface area (Å²) in [6.45, 7) is 6.12. The fraction of sp³-hybridized carbons (Fsp3) is 0.276. The van der Waals surface area contributed by atoms with Gasteiger partial charge in [-0.15, -0.1) is 0 Å². The molecule has 0 aliphatic carbocycles. The molecule has 1 amide bonds. The average Bonchev–Trinajstić information content (AvgIpc) is 3.27. The van der Waals surface area contributed by atoms with Gasteiger partial charge in [0.2, 0.25) is 10.0 Å². The van der Waals surface area contributed by atoms with Crippen LogP contribution in [0.5, 0.6) is 0 Å². The Kier molecular flexibility index (Phi) is 6.69. The molecule has 1 aliphatic rings. The van der Waals surface area contributed by atoms with Crippen molar-refractivity contribution in [3.8, 4) is 0 Å². The number of rotatable bonds is 6. The van der Waals surface area contributed by atoms with Gasteiger partial charge in [0.25, 0.3) is 5.91 Å². The zero-order chi connectivity index (χ0) is 25.3. The molecule has 0 radical (unpaired) electrons. The molecule has 1 saturated heterocycles. The van der Waals surface area contributed by atoms with Crippen molar-refractivity contribution in [2.45, 2.75) is 31.2 Å². The molecule has 0 N–H and O–H groups in total. The number of hydrogen-bond acceptors (Lipinski definition) is 3. The van der Waals surface area contributed by atoms with Gasteiger partial charge in [0.05, 0.1) is 10.5 Å². The average molecular weight is 502 g/mol. The number of carbonyl (C=O) groups is 1. The maximum Gasteiger partial charge on any atom is 0.256 e. The molecule has 4 aromatic rings. The first-order valence-corrected chi connectivity index (χ1v) is 13.8. The molecule has 1 aromatic heterocycles. The van der Waals surface area contributed by atoms with Crippen molar-refractivity contribution in [1.29, 1.82) is 0 Å². The Morgan fingerprint density at radius 1 is 0.833 bits per heavy atom. The van der Waals surface area contributed by atoms with Crippen molar-refractivity contribution in [1.82, 2.24) is 13.8 Å². The first kappa shape index (κ1) is 24.3. The van der Waals surface area contributed by atoms with Gasteiger partial charge in [-0.25, -0.2) is 8.42 Å². The number of para-hydroxylation sites is 1. The molecule has 0 spiro atoms. The van der Waals surface area contributed by atoms with E-state index in [9.17, 15) is 13.2 Å². The van der Waals surface area contributed by atoms with Gasteiger partial charge in [-0.1, -0.05) is 74.5 Å². The lowest BCUT2D eigenvalue weighted by atomic mass is 10.0. The molecule has 0 bridgehead atoms. The van der Waals surface area contributed by atoms with Crippen molar-refractivity contribution in [3.05, 3.63) is 102 Å². The molecular formula is C29H31N3O3S. The summed E-state index contributed by atoms with van der Waals surface area (Å²) in [5.41, 5.74) is 3.94. The molecule has 3 aromatic carbocycles. The highest BCUT2D eigenvalue weighted by atomic mass is 32.2. The minimum atomic E-state index is -3.59. The number of aromatic nitrogens is 1. The maximum atomic E-state index is 13.6. The lowest BCUT2D eigenvalue weighted by Gasteiger charge is -2.34. The Labute approximate surface area is 212 Å². The van der Waals surface area contributed by atoms with Crippen LogP contribution in [0, 0.1) is 0 Å². The standard InChI is InChI=1S/C29H31N3O3S/c1-22(2)24-12-14-25(15-13-24)36(34,35)32-18-16-30(17-19-32)29(33)27-21-31(20-23-8-4-3-5-9-23)28-11-7-6-10-26(27)28/h3-15,21-22H,16-20H2,1-2H3. The predicted molar refractivity (Wildman–Crippen MR) is 143 cm³/mol. The van der Waals surface area contributed by atoms with Gasteiger partial charge in [0, 0.05) is 49.8 Å². The maximum absolute atomic E-state index is 13.6. The van der Waals surface area contributed by atoms with Gasteiger partial charge >= 0.3 is 0 Å². The smallest absolute Gasteiger partial charge is 0.256 e. The van der Waals surface area contributed by atoms with E-state index in [2.05, 4.69) is 30.5 Å². The molecule has 2 heterocycles. The van der Waals surface area contributed by atoms with E-state index in [-0.39, 0.29) is 19.0 Å². The molecule has 7 heteroatoms. The fourth-order valence-corrected chi connectivity index (χ4v) is 6.23. The Hall–Kier alpha value is -3.42. The third-order valence-corrected chi connectivity index (χ3v) is 8.84. The van der Waals surface area contributed by atoms with Crippen molar-refractivity contribution in [2.24, 2.45) is 0 Å². The Morgan fingerprint density at radius 2 is 1.47 bits per heavy atom. The number of nitrogens with zero attached hydrogens (tertiary/aromatic N) is 3. The molecule has 186 valence electrons. The van der Waals surface area contributed by atoms with Gasteiger partial charge in [0.15, 0.2) is 0 Å². The van der Waals surface area contributed by atoms with Crippen LogP contribution in [0.25, 0.3) is 10.9 Å². The number of carbonyl (C=O) groups excluding carboxylic acids is 1. The van der Waals surface area contributed by atoms with E-state index >= 15 is 0 Å². The number of hydrogen-bond donors (Lipinski definition) is 0. The van der Waals surface area contributed by atoms with Crippen molar-refractivity contribution >= 4 is 26.8 Å². The lowest BCUT2D eigenvalue weighted by Crippen LogP contribution is -2.50. The number of fused-ring (bicyclic) bond motifs is 1. The Bertz CT molecular complexity index is 1470. The van der Waals surface area contributed by atoms with E-state index in [0.717, 1.165) is 22.0 Å². The minimum absolute atomic E-state index is 0.0589. The Morgan fingerprint density at radius 3 is 2.14 bits per heavy atom. The van der Waals surface area contributed by atoms with E-state index in [1.807, 2.05) is 60.8 Å². The van der Waals surface area contributed by atoms with Crippen LogP contribution >= 0.6 is 0 Å². The highest BCUT2D eigenvalue weighted by molar-refractivity contribution is 7.89. The quantitative estimate of drug-likeness (QED) is 0.375. The molecular weight excluding hydrogens is 470 g/mol. The second-order valence-electron chi connectivity index (χ2n) is 9.59. The van der Waals surface area contributed by atoms with Crippen LogP contribution in [0.15, 0.2) is 90.0 Å². The summed E-state index contributed by atoms with van der Waals surface area (Å²) in [5, 5.41) is 0.915. The summed E-state index contributed by atoms with van der Waals surface area (Å²) in [5.74, 6) is 0.284. The van der Waals surface area contributed by atoms with Crippen molar-refractivity contribution < 1.29 is 13.2 Å². The molecule has 36 heavy (non-hydrogen) atoms. The second-order valence-corrected chi connectivity index (χ2v) is 11.5. The van der Waals surface area contributed by atoms with Crippen LogP contribution in [0.3, 0.4) is 0 Å². The monoisotopic (exact) mass is 501 g/mol. The second kappa shape index (κ2) is 9.91. The van der Waals surface area contributed by atoms with E-state index in [4.69, 9.17) is 0 Å². The summed E-state index contributed by atoms with van der Waals surface area (Å²) in [7, 11) is -3.59. The zero-order valence-corrected chi connectivity index (χ0v) is 21.5. The first-order chi connectivity index (χ1) is 17.3. The number of sulfonamides is 1. The van der Waals surface area contributed by atoms with Crippen molar-refractivity contribution in [3.63, 3.8) is 0 Å². The summed E-state index contributed by atoms with van der Waals surface area (Å²) in [6, 6.07) is 25.2. The largest absolute Gasteiger partial charge is 0.342 e. The van der Waals surface area contributed by atoms with Crippen LogP contribution in [-0.4, -0.2) is 54.3 Å². The van der Waals surface area contributed by atoms with E-state index in [1.165, 1.54) is 4.31 Å². The summed E-state index contributed by atoms with van der Waals surface area (Å²) < 4.78 is 30.0. The fourth-order valence-electron chi connectivity index (χ4n) is 4.80. The van der Waals surface area contributed by atoms with Crippen molar-refractivity contribution in [2.75, 3.05) is 26.2 Å². The van der Waals surface area contributed by atoms with Crippen LogP contribution in [-0.2, 0) is 16.6 Å². The molecule has 5 rings (SSSR count). The third kappa shape index (κ3) is 4.68. The lowest BCUT2D eigenvalue weighted by molar-refractivity contribution is 0.0699. The first-order valence-electron chi connectivity index (χ1n) is 12.4. The van der Waals surface area contributed by atoms with Gasteiger partial charge in [0.1, 0.15) is 0 Å². The molecule has 0 saturated carbocycles. The minimum Gasteiger partial charge on any atom is -0.342 e. The third-order valence-electron chi connectivity index (χ3n) is 6.93. The van der Waals surface area contributed by atoms with Gasteiger partial charge in [-0.3, -0.25) is 4.79 Å². The molecule has 0 unspecified atom stereocenters. The zero-order valence-electron chi connectivity index (χ0n) is 20.7. The van der Waals surface area contributed by atoms with Crippen LogP contribution in [0.1, 0.15) is 41.3 Å². The highest BCUT2D eigenvalue weighted by Crippen LogP contribution is 2.26. The summed E-state index contributed by atoms with van der Waals surface area (Å²) >= 11 is 0. The van der Waals surface area contributed by atoms with Crippen LogP contribution in [0.4, 0.5) is 0 Å². The molecule has 0 atom stereocenters. The number of amides is 1. The van der Waals surface area contributed by atoms with Gasteiger partial charge in [-0.2, -0.15) is 4.31 Å². The number of benzene rings is 3. The van der Waals surface area contributed by atoms with E-state index < -0.39 is 10.0 Å². The van der Waals surface area contributed by atoms with Crippen LogP contribution < -0.4 is 0 Å². The highest BCUT2D eigenvalue weighted by Gasteiger charge is 2.31. The molecule has 6 nitrogen and oxygen atoms in total. The normalized spacial score (nSPS) is 15.0. The Balaban J connectivity index is 1.32. The summed E-state index contributed by atoms with van der Waals surface area (Å²) in [6.07, 6.45) is 1.93. The van der Waals surface area contributed by atoms with E-state index in [1.54, 1.807) is 17.0 Å². The van der Waals surface area contributed by atoms with Gasteiger partial charge < -0.3 is 9.47 Å². The predicted octanol–water partition coefficient (Wildman–Crippen LogP) is 4.96. The SMILES string of the molecule is CC(C)c1ccc(S(=O)(=O)N2CCN(C(=O)c3cn(Cc4ccccc4)c4ccccc34)CC2)cc1. The van der Waals surface area contributed by atoms with E-state index in [0.29, 0.717) is 36.0 Å². The van der Waals surface area contributed by atoms with Crippen LogP contribution in [0.2, 0.25) is 0 Å². The topological polar surface area (TPSA) is 62.6 Å². The molecule has 1 fully saturated rings. The number of piperazine rings is 1. The molecule has 1 aliphatic heterocycles. The van der Waals surface area contributed by atoms with Gasteiger partial charge in [-0.05, 0) is 35.2 Å².